The van der Waals surface area contributed by atoms with Crippen molar-refractivity contribution in [3.63, 3.8) is 0 Å². The Hall–Kier alpha value is -3.44. The van der Waals surface area contributed by atoms with E-state index in [4.69, 9.17) is 11.6 Å². The van der Waals surface area contributed by atoms with E-state index >= 15 is 0 Å². The van der Waals surface area contributed by atoms with Gasteiger partial charge in [-0.05, 0) is 67.4 Å². The molecule has 3 aromatic rings. The Labute approximate surface area is 174 Å². The predicted octanol–water partition coefficient (Wildman–Crippen LogP) is 5.05. The van der Waals surface area contributed by atoms with Gasteiger partial charge < -0.3 is 5.32 Å². The number of carbonyl (C=O) groups is 2. The van der Waals surface area contributed by atoms with Crippen LogP contribution in [0.15, 0.2) is 77.9 Å². The molecule has 0 atom stereocenters. The van der Waals surface area contributed by atoms with Gasteiger partial charge in [-0.2, -0.15) is 5.10 Å². The van der Waals surface area contributed by atoms with Crippen LogP contribution in [0.25, 0.3) is 0 Å². The van der Waals surface area contributed by atoms with E-state index in [1.807, 2.05) is 37.3 Å². The molecule has 0 fully saturated rings. The van der Waals surface area contributed by atoms with E-state index in [9.17, 15) is 9.59 Å². The Balaban J connectivity index is 1.63. The van der Waals surface area contributed by atoms with Crippen LogP contribution in [0.3, 0.4) is 0 Å². The highest BCUT2D eigenvalue weighted by Crippen LogP contribution is 2.14. The molecule has 3 rings (SSSR count). The molecule has 29 heavy (non-hydrogen) atoms. The number of anilines is 1. The SMILES string of the molecule is CC(=NNC(=O)c1ccc(NC(=O)c2ccccc2C)cc1)c1ccc(Cl)cc1. The van der Waals surface area contributed by atoms with Crippen LogP contribution in [0.2, 0.25) is 5.02 Å². The van der Waals surface area contributed by atoms with Crippen LogP contribution in [0.1, 0.15) is 38.8 Å². The third-order valence-corrected chi connectivity index (χ3v) is 4.63. The lowest BCUT2D eigenvalue weighted by atomic mass is 10.1. The first-order valence-electron chi connectivity index (χ1n) is 9.01. The summed E-state index contributed by atoms with van der Waals surface area (Å²) >= 11 is 5.87. The average Bonchev–Trinajstić information content (AvgIpc) is 2.73. The van der Waals surface area contributed by atoms with Crippen LogP contribution in [-0.4, -0.2) is 17.5 Å². The van der Waals surface area contributed by atoms with Crippen molar-refractivity contribution in [2.75, 3.05) is 5.32 Å². The first kappa shape index (κ1) is 20.3. The summed E-state index contributed by atoms with van der Waals surface area (Å²) in [7, 11) is 0. The van der Waals surface area contributed by atoms with Gasteiger partial charge in [0.2, 0.25) is 0 Å². The van der Waals surface area contributed by atoms with Gasteiger partial charge in [0.1, 0.15) is 0 Å². The van der Waals surface area contributed by atoms with Crippen molar-refractivity contribution in [3.8, 4) is 0 Å². The molecule has 0 heterocycles. The highest BCUT2D eigenvalue weighted by atomic mass is 35.5. The zero-order valence-corrected chi connectivity index (χ0v) is 16.8. The predicted molar refractivity (Wildman–Crippen MR) is 117 cm³/mol. The monoisotopic (exact) mass is 405 g/mol. The minimum Gasteiger partial charge on any atom is -0.322 e. The molecule has 0 aliphatic heterocycles. The van der Waals surface area contributed by atoms with Crippen molar-refractivity contribution in [2.45, 2.75) is 13.8 Å². The number of benzene rings is 3. The highest BCUT2D eigenvalue weighted by Gasteiger charge is 2.10. The lowest BCUT2D eigenvalue weighted by molar-refractivity contribution is 0.0954. The van der Waals surface area contributed by atoms with Gasteiger partial charge in [-0.1, -0.05) is 41.9 Å². The van der Waals surface area contributed by atoms with Crippen molar-refractivity contribution < 1.29 is 9.59 Å². The standard InChI is InChI=1S/C23H20ClN3O2/c1-15-5-3-4-6-21(15)23(29)25-20-13-9-18(10-14-20)22(28)27-26-16(2)17-7-11-19(24)12-8-17/h3-14H,1-2H3,(H,25,29)(H,27,28). The molecule has 3 aromatic carbocycles. The molecule has 146 valence electrons. The summed E-state index contributed by atoms with van der Waals surface area (Å²) < 4.78 is 0. The Bertz CT molecular complexity index is 1060. The van der Waals surface area contributed by atoms with Crippen molar-refractivity contribution in [3.05, 3.63) is 100 Å². The van der Waals surface area contributed by atoms with Crippen LogP contribution in [0.4, 0.5) is 5.69 Å². The molecule has 0 radical (unpaired) electrons. The molecule has 0 saturated heterocycles. The zero-order valence-electron chi connectivity index (χ0n) is 16.1. The van der Waals surface area contributed by atoms with E-state index in [1.165, 1.54) is 0 Å². The third-order valence-electron chi connectivity index (χ3n) is 4.38. The van der Waals surface area contributed by atoms with Crippen molar-refractivity contribution in [2.24, 2.45) is 5.10 Å². The van der Waals surface area contributed by atoms with Gasteiger partial charge >= 0.3 is 0 Å². The van der Waals surface area contributed by atoms with Crippen molar-refractivity contribution >= 4 is 34.8 Å². The summed E-state index contributed by atoms with van der Waals surface area (Å²) in [4.78, 5) is 24.7. The summed E-state index contributed by atoms with van der Waals surface area (Å²) in [5.41, 5.74) is 6.62. The number of halogens is 1. The van der Waals surface area contributed by atoms with E-state index < -0.39 is 0 Å². The summed E-state index contributed by atoms with van der Waals surface area (Å²) in [5, 5.41) is 7.60. The molecule has 0 bridgehead atoms. The number of hydrazone groups is 1. The van der Waals surface area contributed by atoms with Crippen molar-refractivity contribution in [1.29, 1.82) is 0 Å². The van der Waals surface area contributed by atoms with E-state index in [-0.39, 0.29) is 11.8 Å². The van der Waals surface area contributed by atoms with Gasteiger partial charge in [-0.3, -0.25) is 9.59 Å². The maximum absolute atomic E-state index is 12.4. The lowest BCUT2D eigenvalue weighted by Gasteiger charge is -2.08. The maximum Gasteiger partial charge on any atom is 0.271 e. The minimum absolute atomic E-state index is 0.191. The molecule has 0 saturated carbocycles. The van der Waals surface area contributed by atoms with Gasteiger partial charge in [-0.25, -0.2) is 5.43 Å². The number of rotatable bonds is 5. The molecule has 2 N–H and O–H groups in total. The van der Waals surface area contributed by atoms with Gasteiger partial charge in [0.25, 0.3) is 11.8 Å². The summed E-state index contributed by atoms with van der Waals surface area (Å²) in [5.74, 6) is -0.529. The number of hydrogen-bond acceptors (Lipinski definition) is 3. The van der Waals surface area contributed by atoms with Crippen LogP contribution in [0.5, 0.6) is 0 Å². The van der Waals surface area contributed by atoms with Crippen molar-refractivity contribution in [1.82, 2.24) is 5.43 Å². The van der Waals surface area contributed by atoms with Crippen LogP contribution >= 0.6 is 11.6 Å². The van der Waals surface area contributed by atoms with Gasteiger partial charge in [0, 0.05) is 21.8 Å². The second kappa shape index (κ2) is 9.17. The fourth-order valence-electron chi connectivity index (χ4n) is 2.69. The molecular formula is C23H20ClN3O2. The quantitative estimate of drug-likeness (QED) is 0.460. The lowest BCUT2D eigenvalue weighted by Crippen LogP contribution is -2.19. The average molecular weight is 406 g/mol. The number of nitrogens with one attached hydrogen (secondary N) is 2. The molecular weight excluding hydrogens is 386 g/mol. The van der Waals surface area contributed by atoms with Gasteiger partial charge in [-0.15, -0.1) is 0 Å². The van der Waals surface area contributed by atoms with Crippen LogP contribution < -0.4 is 10.7 Å². The second-order valence-electron chi connectivity index (χ2n) is 6.49. The summed E-state index contributed by atoms with van der Waals surface area (Å²) in [6, 6.07) is 21.2. The number of amides is 2. The zero-order chi connectivity index (χ0) is 20.8. The summed E-state index contributed by atoms with van der Waals surface area (Å²) in [6.45, 7) is 3.68. The Morgan fingerprint density at radius 2 is 1.45 bits per heavy atom. The van der Waals surface area contributed by atoms with Crippen LogP contribution in [0, 0.1) is 6.92 Å². The normalized spacial score (nSPS) is 11.1. The van der Waals surface area contributed by atoms with Gasteiger partial charge in [0.15, 0.2) is 0 Å². The van der Waals surface area contributed by atoms with Gasteiger partial charge in [0.05, 0.1) is 5.71 Å². The molecule has 0 aromatic heterocycles. The van der Waals surface area contributed by atoms with E-state index in [0.717, 1.165) is 11.1 Å². The fourth-order valence-corrected chi connectivity index (χ4v) is 2.81. The van der Waals surface area contributed by atoms with E-state index in [0.29, 0.717) is 27.5 Å². The molecule has 0 aliphatic rings. The largest absolute Gasteiger partial charge is 0.322 e. The first-order chi connectivity index (χ1) is 13.9. The molecule has 2 amide bonds. The molecule has 6 heteroatoms. The Morgan fingerprint density at radius 1 is 0.828 bits per heavy atom. The molecule has 0 unspecified atom stereocenters. The number of hydrogen-bond donors (Lipinski definition) is 2. The summed E-state index contributed by atoms with van der Waals surface area (Å²) in [6.07, 6.45) is 0. The van der Waals surface area contributed by atoms with E-state index in [1.54, 1.807) is 49.4 Å². The fraction of sp³-hybridized carbons (Fsp3) is 0.0870. The first-order valence-corrected chi connectivity index (χ1v) is 9.39. The number of nitrogens with zero attached hydrogens (tertiary/aromatic N) is 1. The molecule has 0 spiro atoms. The Morgan fingerprint density at radius 3 is 2.10 bits per heavy atom. The number of aryl methyl sites for hydroxylation is 1. The topological polar surface area (TPSA) is 70.6 Å². The molecule has 5 nitrogen and oxygen atoms in total. The second-order valence-corrected chi connectivity index (χ2v) is 6.93. The van der Waals surface area contributed by atoms with Crippen LogP contribution in [-0.2, 0) is 0 Å². The van der Waals surface area contributed by atoms with E-state index in [2.05, 4.69) is 15.8 Å². The number of carbonyl (C=O) groups excluding carboxylic acids is 2. The Kier molecular flexibility index (Phi) is 6.42. The third kappa shape index (κ3) is 5.30. The smallest absolute Gasteiger partial charge is 0.271 e. The highest BCUT2D eigenvalue weighted by molar-refractivity contribution is 6.30. The maximum atomic E-state index is 12.4. The minimum atomic E-state index is -0.338. The molecule has 0 aliphatic carbocycles.